The van der Waals surface area contributed by atoms with E-state index >= 15 is 0 Å². The van der Waals surface area contributed by atoms with Gasteiger partial charge in [0.2, 0.25) is 0 Å². The van der Waals surface area contributed by atoms with Crippen LogP contribution >= 0.6 is 0 Å². The summed E-state index contributed by atoms with van der Waals surface area (Å²) in [5, 5.41) is 13.5. The summed E-state index contributed by atoms with van der Waals surface area (Å²) in [6.45, 7) is 2.67. The average Bonchev–Trinajstić information content (AvgIpc) is 3.21. The van der Waals surface area contributed by atoms with E-state index in [4.69, 9.17) is 0 Å². The summed E-state index contributed by atoms with van der Waals surface area (Å²) < 4.78 is 0. The Morgan fingerprint density at radius 1 is 1.11 bits per heavy atom. The fourth-order valence-electron chi connectivity index (χ4n) is 2.59. The first-order chi connectivity index (χ1) is 9.25. The quantitative estimate of drug-likeness (QED) is 0.876. The van der Waals surface area contributed by atoms with Gasteiger partial charge in [-0.05, 0) is 24.5 Å². The molecule has 0 aliphatic heterocycles. The lowest BCUT2D eigenvalue weighted by molar-refractivity contribution is 0.460. The number of aryl methyl sites for hydroxylation is 1. The minimum atomic E-state index is 0.423. The van der Waals surface area contributed by atoms with Crippen molar-refractivity contribution in [3.8, 4) is 5.75 Å². The van der Waals surface area contributed by atoms with Crippen LogP contribution in [0.2, 0.25) is 0 Å². The van der Waals surface area contributed by atoms with Crippen molar-refractivity contribution in [1.82, 2.24) is 5.32 Å². The Morgan fingerprint density at radius 3 is 2.68 bits per heavy atom. The van der Waals surface area contributed by atoms with Crippen LogP contribution in [0.3, 0.4) is 0 Å². The predicted molar refractivity (Wildman–Crippen MR) is 77.3 cm³/mol. The van der Waals surface area contributed by atoms with Crippen molar-refractivity contribution in [3.63, 3.8) is 0 Å². The Hall–Kier alpha value is -1.80. The summed E-state index contributed by atoms with van der Waals surface area (Å²) >= 11 is 0. The molecule has 2 heteroatoms. The van der Waals surface area contributed by atoms with Crippen molar-refractivity contribution >= 4 is 0 Å². The number of benzene rings is 2. The molecule has 0 amide bonds. The first kappa shape index (κ1) is 12.2. The number of hydrogen-bond acceptors (Lipinski definition) is 2. The van der Waals surface area contributed by atoms with Crippen LogP contribution in [-0.4, -0.2) is 11.1 Å². The molecule has 2 aromatic carbocycles. The molecular formula is C17H19NO. The maximum atomic E-state index is 9.97. The zero-order valence-corrected chi connectivity index (χ0v) is 11.1. The molecule has 2 unspecified atom stereocenters. The van der Waals surface area contributed by atoms with E-state index < -0.39 is 0 Å². The standard InChI is InChI=1S/C17H19NO/c1-12-6-5-9-14(17(12)19)11-18-16-10-15(16)13-7-3-2-4-8-13/h2-9,15-16,18-19H,10-11H2,1H3. The van der Waals surface area contributed by atoms with Gasteiger partial charge in [0, 0.05) is 24.1 Å². The molecule has 2 N–H and O–H groups in total. The van der Waals surface area contributed by atoms with Crippen LogP contribution < -0.4 is 5.32 Å². The summed E-state index contributed by atoms with van der Waals surface area (Å²) in [7, 11) is 0. The molecule has 1 saturated carbocycles. The van der Waals surface area contributed by atoms with Gasteiger partial charge in [-0.3, -0.25) is 0 Å². The molecule has 98 valence electrons. The molecule has 0 saturated heterocycles. The molecule has 3 rings (SSSR count). The second kappa shape index (κ2) is 5.06. The van der Waals surface area contributed by atoms with Gasteiger partial charge in [-0.1, -0.05) is 48.5 Å². The van der Waals surface area contributed by atoms with Crippen LogP contribution in [0, 0.1) is 6.92 Å². The van der Waals surface area contributed by atoms with E-state index in [2.05, 4.69) is 35.6 Å². The first-order valence-electron chi connectivity index (χ1n) is 6.81. The van der Waals surface area contributed by atoms with Gasteiger partial charge in [-0.25, -0.2) is 0 Å². The Morgan fingerprint density at radius 2 is 1.89 bits per heavy atom. The average molecular weight is 253 g/mol. The molecule has 0 heterocycles. The van der Waals surface area contributed by atoms with Gasteiger partial charge in [0.1, 0.15) is 5.75 Å². The highest BCUT2D eigenvalue weighted by atomic mass is 16.3. The highest BCUT2D eigenvalue weighted by Gasteiger charge is 2.37. The highest BCUT2D eigenvalue weighted by Crippen LogP contribution is 2.40. The van der Waals surface area contributed by atoms with Crippen LogP contribution in [0.1, 0.15) is 29.0 Å². The Bertz CT molecular complexity index is 565. The minimum Gasteiger partial charge on any atom is -0.507 e. The summed E-state index contributed by atoms with van der Waals surface area (Å²) in [4.78, 5) is 0. The smallest absolute Gasteiger partial charge is 0.122 e. The van der Waals surface area contributed by atoms with Crippen molar-refractivity contribution in [2.45, 2.75) is 31.8 Å². The van der Waals surface area contributed by atoms with Crippen LogP contribution in [0.4, 0.5) is 0 Å². The van der Waals surface area contributed by atoms with Gasteiger partial charge < -0.3 is 10.4 Å². The van der Waals surface area contributed by atoms with Gasteiger partial charge in [0.25, 0.3) is 0 Å². The fourth-order valence-corrected chi connectivity index (χ4v) is 2.59. The molecule has 1 aliphatic carbocycles. The first-order valence-corrected chi connectivity index (χ1v) is 6.81. The minimum absolute atomic E-state index is 0.423. The summed E-state index contributed by atoms with van der Waals surface area (Å²) in [5.74, 6) is 1.06. The zero-order valence-electron chi connectivity index (χ0n) is 11.1. The van der Waals surface area contributed by atoms with Crippen molar-refractivity contribution in [1.29, 1.82) is 0 Å². The van der Waals surface area contributed by atoms with Gasteiger partial charge >= 0.3 is 0 Å². The molecule has 2 nitrogen and oxygen atoms in total. The summed E-state index contributed by atoms with van der Waals surface area (Å²) in [6, 6.07) is 17.1. The van der Waals surface area contributed by atoms with Crippen molar-refractivity contribution in [2.24, 2.45) is 0 Å². The number of rotatable bonds is 4. The topological polar surface area (TPSA) is 32.3 Å². The molecule has 0 spiro atoms. The van der Waals surface area contributed by atoms with Crippen LogP contribution in [0.5, 0.6) is 5.75 Å². The molecule has 1 aliphatic rings. The maximum absolute atomic E-state index is 9.97. The fraction of sp³-hybridized carbons (Fsp3) is 0.294. The van der Waals surface area contributed by atoms with Crippen molar-refractivity contribution in [3.05, 3.63) is 65.2 Å². The third-order valence-corrected chi connectivity index (χ3v) is 3.89. The van der Waals surface area contributed by atoms with E-state index in [9.17, 15) is 5.11 Å². The SMILES string of the molecule is Cc1cccc(CNC2CC2c2ccccc2)c1O. The number of para-hydroxylation sites is 1. The van der Waals surface area contributed by atoms with Gasteiger partial charge in [-0.2, -0.15) is 0 Å². The van der Waals surface area contributed by atoms with Gasteiger partial charge in [-0.15, -0.1) is 0 Å². The number of nitrogens with one attached hydrogen (secondary N) is 1. The number of phenols is 1. The largest absolute Gasteiger partial charge is 0.507 e. The Kier molecular flexibility index (Phi) is 3.26. The molecule has 2 atom stereocenters. The second-order valence-electron chi connectivity index (χ2n) is 5.32. The van der Waals surface area contributed by atoms with Gasteiger partial charge in [0.05, 0.1) is 0 Å². The Labute approximate surface area is 114 Å². The number of aromatic hydroxyl groups is 1. The molecule has 0 aromatic heterocycles. The zero-order chi connectivity index (χ0) is 13.2. The summed E-state index contributed by atoms with van der Waals surface area (Å²) in [5.41, 5.74) is 3.34. The van der Waals surface area contributed by atoms with Crippen LogP contribution in [0.15, 0.2) is 48.5 Å². The third kappa shape index (κ3) is 2.64. The maximum Gasteiger partial charge on any atom is 0.122 e. The molecule has 0 radical (unpaired) electrons. The lowest BCUT2D eigenvalue weighted by atomic mass is 10.1. The van der Waals surface area contributed by atoms with E-state index in [0.29, 0.717) is 17.7 Å². The molecule has 19 heavy (non-hydrogen) atoms. The summed E-state index contributed by atoms with van der Waals surface area (Å²) in [6.07, 6.45) is 1.19. The van der Waals surface area contributed by atoms with Crippen LogP contribution in [0.25, 0.3) is 0 Å². The molecule has 2 aromatic rings. The molecule has 1 fully saturated rings. The number of hydrogen-bond donors (Lipinski definition) is 2. The van der Waals surface area contributed by atoms with Gasteiger partial charge in [0.15, 0.2) is 0 Å². The van der Waals surface area contributed by atoms with E-state index in [-0.39, 0.29) is 0 Å². The predicted octanol–water partition coefficient (Wildman–Crippen LogP) is 3.35. The molecule has 0 bridgehead atoms. The lowest BCUT2D eigenvalue weighted by Gasteiger charge is -2.08. The lowest BCUT2D eigenvalue weighted by Crippen LogP contribution is -2.17. The normalized spacial score (nSPS) is 21.3. The Balaban J connectivity index is 1.59. The third-order valence-electron chi connectivity index (χ3n) is 3.89. The van der Waals surface area contributed by atoms with E-state index in [1.807, 2.05) is 25.1 Å². The van der Waals surface area contributed by atoms with Crippen LogP contribution in [-0.2, 0) is 6.54 Å². The monoisotopic (exact) mass is 253 g/mol. The van der Waals surface area contributed by atoms with Crippen molar-refractivity contribution < 1.29 is 5.11 Å². The molecular weight excluding hydrogens is 234 g/mol. The highest BCUT2D eigenvalue weighted by molar-refractivity contribution is 5.39. The van der Waals surface area contributed by atoms with E-state index in [0.717, 1.165) is 17.7 Å². The van der Waals surface area contributed by atoms with E-state index in [1.54, 1.807) is 0 Å². The number of phenolic OH excluding ortho intramolecular Hbond substituents is 1. The van der Waals surface area contributed by atoms with E-state index in [1.165, 1.54) is 12.0 Å². The second-order valence-corrected chi connectivity index (χ2v) is 5.32. The van der Waals surface area contributed by atoms with Crippen molar-refractivity contribution in [2.75, 3.05) is 0 Å².